The fourth-order valence-corrected chi connectivity index (χ4v) is 1.40. The number of benzene rings is 1. The lowest BCUT2D eigenvalue weighted by Gasteiger charge is -2.02. The maximum absolute atomic E-state index is 10.7. The number of amides is 2. The van der Waals surface area contributed by atoms with E-state index in [-0.39, 0.29) is 10.6 Å². The molecular formula is C7H8N2O4S. The standard InChI is InChI=1S/C7H8N2O4S/c8-7(10)9-5-2-1-3-6(4-5)14(11,12)13/h1-4H,(H3,8,9,10)(H,11,12,13). The van der Waals surface area contributed by atoms with Gasteiger partial charge in [0.05, 0.1) is 4.90 Å². The number of carbonyl (C=O) groups excluding carboxylic acids is 1. The average molecular weight is 216 g/mol. The summed E-state index contributed by atoms with van der Waals surface area (Å²) in [5.41, 5.74) is 5.02. The van der Waals surface area contributed by atoms with Crippen molar-refractivity contribution in [2.24, 2.45) is 5.73 Å². The molecule has 14 heavy (non-hydrogen) atoms. The molecule has 0 unspecified atom stereocenters. The number of nitrogens with two attached hydrogens (primary N) is 1. The zero-order valence-electron chi connectivity index (χ0n) is 6.97. The Morgan fingerprint density at radius 2 is 2.07 bits per heavy atom. The number of primary amides is 1. The predicted molar refractivity (Wildman–Crippen MR) is 49.5 cm³/mol. The van der Waals surface area contributed by atoms with Crippen molar-refractivity contribution < 1.29 is 17.8 Å². The van der Waals surface area contributed by atoms with E-state index in [2.05, 4.69) is 5.32 Å². The molecule has 0 saturated heterocycles. The van der Waals surface area contributed by atoms with Gasteiger partial charge in [-0.1, -0.05) is 6.07 Å². The molecule has 7 heteroatoms. The number of hydrogen-bond donors (Lipinski definition) is 3. The Balaban J connectivity index is 3.08. The summed E-state index contributed by atoms with van der Waals surface area (Å²) in [5.74, 6) is 0. The lowest BCUT2D eigenvalue weighted by molar-refractivity contribution is 0.259. The molecule has 0 bridgehead atoms. The summed E-state index contributed by atoms with van der Waals surface area (Å²) in [7, 11) is -4.25. The lowest BCUT2D eigenvalue weighted by Crippen LogP contribution is -2.19. The van der Waals surface area contributed by atoms with Gasteiger partial charge in [0.25, 0.3) is 10.1 Å². The second-order valence-electron chi connectivity index (χ2n) is 2.49. The van der Waals surface area contributed by atoms with Gasteiger partial charge in [-0.15, -0.1) is 0 Å². The van der Waals surface area contributed by atoms with Crippen molar-refractivity contribution in [2.75, 3.05) is 5.32 Å². The van der Waals surface area contributed by atoms with Crippen LogP contribution in [0.5, 0.6) is 0 Å². The Labute approximate surface area is 80.5 Å². The van der Waals surface area contributed by atoms with Gasteiger partial charge < -0.3 is 11.1 Å². The first-order valence-electron chi connectivity index (χ1n) is 3.53. The van der Waals surface area contributed by atoms with Crippen LogP contribution < -0.4 is 11.1 Å². The highest BCUT2D eigenvalue weighted by molar-refractivity contribution is 7.85. The van der Waals surface area contributed by atoms with Crippen molar-refractivity contribution in [2.45, 2.75) is 4.90 Å². The van der Waals surface area contributed by atoms with E-state index in [1.165, 1.54) is 18.2 Å². The summed E-state index contributed by atoms with van der Waals surface area (Å²) in [6, 6.07) is 4.30. The highest BCUT2D eigenvalue weighted by Gasteiger charge is 2.09. The van der Waals surface area contributed by atoms with Crippen LogP contribution in [0.1, 0.15) is 0 Å². The Hall–Kier alpha value is -1.60. The fourth-order valence-electron chi connectivity index (χ4n) is 0.877. The van der Waals surface area contributed by atoms with Crippen LogP contribution in [0.15, 0.2) is 29.2 Å². The number of urea groups is 1. The lowest BCUT2D eigenvalue weighted by atomic mass is 10.3. The van der Waals surface area contributed by atoms with Crippen LogP contribution in [0.25, 0.3) is 0 Å². The molecule has 6 nitrogen and oxygen atoms in total. The first-order chi connectivity index (χ1) is 6.39. The maximum atomic E-state index is 10.7. The molecule has 2 amide bonds. The summed E-state index contributed by atoms with van der Waals surface area (Å²) < 4.78 is 30.0. The van der Waals surface area contributed by atoms with E-state index in [9.17, 15) is 13.2 Å². The number of nitrogens with one attached hydrogen (secondary N) is 1. The van der Waals surface area contributed by atoms with Crippen LogP contribution in [0.2, 0.25) is 0 Å². The smallest absolute Gasteiger partial charge is 0.316 e. The highest BCUT2D eigenvalue weighted by Crippen LogP contribution is 2.14. The molecule has 0 saturated carbocycles. The summed E-state index contributed by atoms with van der Waals surface area (Å²) in [6.45, 7) is 0. The Bertz CT molecular complexity index is 455. The Morgan fingerprint density at radius 3 is 2.57 bits per heavy atom. The second-order valence-corrected chi connectivity index (χ2v) is 3.91. The molecule has 1 rings (SSSR count). The van der Waals surface area contributed by atoms with E-state index in [0.717, 1.165) is 6.07 Å². The van der Waals surface area contributed by atoms with Gasteiger partial charge in [0.15, 0.2) is 0 Å². The molecule has 76 valence electrons. The summed E-state index contributed by atoms with van der Waals surface area (Å²) in [6.07, 6.45) is 0. The van der Waals surface area contributed by atoms with Crippen molar-refractivity contribution in [1.29, 1.82) is 0 Å². The third-order valence-corrected chi connectivity index (χ3v) is 2.25. The van der Waals surface area contributed by atoms with Crippen LogP contribution in [0, 0.1) is 0 Å². The SMILES string of the molecule is NC(=O)Nc1cccc(S(=O)(=O)O)c1. The first-order valence-corrected chi connectivity index (χ1v) is 4.97. The minimum atomic E-state index is -4.25. The van der Waals surface area contributed by atoms with Gasteiger partial charge in [-0.25, -0.2) is 4.79 Å². The highest BCUT2D eigenvalue weighted by atomic mass is 32.2. The summed E-state index contributed by atoms with van der Waals surface area (Å²) in [5, 5.41) is 2.18. The molecule has 0 atom stereocenters. The molecule has 1 aromatic carbocycles. The molecule has 1 aromatic rings. The van der Waals surface area contributed by atoms with Gasteiger partial charge >= 0.3 is 6.03 Å². The molecule has 0 aliphatic rings. The molecule has 4 N–H and O–H groups in total. The van der Waals surface area contributed by atoms with E-state index in [4.69, 9.17) is 10.3 Å². The zero-order chi connectivity index (χ0) is 10.8. The molecule has 0 fully saturated rings. The largest absolute Gasteiger partial charge is 0.351 e. The normalized spacial score (nSPS) is 10.9. The minimum Gasteiger partial charge on any atom is -0.351 e. The van der Waals surface area contributed by atoms with E-state index in [1.54, 1.807) is 0 Å². The van der Waals surface area contributed by atoms with Gasteiger partial charge in [-0.3, -0.25) is 4.55 Å². The van der Waals surface area contributed by atoms with Crippen molar-refractivity contribution in [3.05, 3.63) is 24.3 Å². The molecule has 0 radical (unpaired) electrons. The van der Waals surface area contributed by atoms with Crippen LogP contribution in [0.4, 0.5) is 10.5 Å². The Morgan fingerprint density at radius 1 is 1.43 bits per heavy atom. The van der Waals surface area contributed by atoms with Crippen molar-refractivity contribution in [3.63, 3.8) is 0 Å². The topological polar surface area (TPSA) is 109 Å². The van der Waals surface area contributed by atoms with Crippen molar-refractivity contribution in [1.82, 2.24) is 0 Å². The predicted octanol–water partition coefficient (Wildman–Crippen LogP) is 0.424. The molecule has 0 spiro atoms. The Kier molecular flexibility index (Phi) is 2.73. The van der Waals surface area contributed by atoms with Crippen LogP contribution in [-0.4, -0.2) is 19.0 Å². The van der Waals surface area contributed by atoms with E-state index < -0.39 is 16.1 Å². The third-order valence-electron chi connectivity index (χ3n) is 1.40. The van der Waals surface area contributed by atoms with E-state index in [1.807, 2.05) is 0 Å². The quantitative estimate of drug-likeness (QED) is 0.622. The van der Waals surface area contributed by atoms with Gasteiger partial charge in [-0.2, -0.15) is 8.42 Å². The van der Waals surface area contributed by atoms with Gasteiger partial charge in [-0.05, 0) is 18.2 Å². The number of hydrogen-bond acceptors (Lipinski definition) is 3. The van der Waals surface area contributed by atoms with Gasteiger partial charge in [0, 0.05) is 5.69 Å². The second kappa shape index (κ2) is 3.64. The average Bonchev–Trinajstić information content (AvgIpc) is 2.01. The summed E-state index contributed by atoms with van der Waals surface area (Å²) >= 11 is 0. The fraction of sp³-hybridized carbons (Fsp3) is 0. The maximum Gasteiger partial charge on any atom is 0.316 e. The van der Waals surface area contributed by atoms with Gasteiger partial charge in [0.1, 0.15) is 0 Å². The van der Waals surface area contributed by atoms with Gasteiger partial charge in [0.2, 0.25) is 0 Å². The number of carbonyl (C=O) groups is 1. The third kappa shape index (κ3) is 2.71. The van der Waals surface area contributed by atoms with Crippen LogP contribution in [-0.2, 0) is 10.1 Å². The molecule has 0 aliphatic heterocycles. The van der Waals surface area contributed by atoms with E-state index >= 15 is 0 Å². The van der Waals surface area contributed by atoms with Crippen molar-refractivity contribution >= 4 is 21.8 Å². The van der Waals surface area contributed by atoms with Crippen LogP contribution in [0.3, 0.4) is 0 Å². The number of rotatable bonds is 2. The molecule has 0 heterocycles. The molecule has 0 aliphatic carbocycles. The molecule has 0 aromatic heterocycles. The first kappa shape index (κ1) is 10.5. The minimum absolute atomic E-state index is 0.202. The van der Waals surface area contributed by atoms with E-state index in [0.29, 0.717) is 0 Å². The van der Waals surface area contributed by atoms with Crippen LogP contribution >= 0.6 is 0 Å². The summed E-state index contributed by atoms with van der Waals surface area (Å²) in [4.78, 5) is 10.1. The zero-order valence-corrected chi connectivity index (χ0v) is 7.78. The van der Waals surface area contributed by atoms with Crippen molar-refractivity contribution in [3.8, 4) is 0 Å². The monoisotopic (exact) mass is 216 g/mol. The molecular weight excluding hydrogens is 208 g/mol. The number of anilines is 1.